The number of nitrogens with zero attached hydrogens (tertiary/aromatic N) is 1. The van der Waals surface area contributed by atoms with E-state index in [0.29, 0.717) is 38.8 Å². The van der Waals surface area contributed by atoms with Crippen LogP contribution in [0.4, 0.5) is 18.0 Å². The lowest BCUT2D eigenvalue weighted by atomic mass is 9.85. The summed E-state index contributed by atoms with van der Waals surface area (Å²) in [5.74, 6) is -1.90. The van der Waals surface area contributed by atoms with E-state index in [1.165, 1.54) is 0 Å². The van der Waals surface area contributed by atoms with Crippen LogP contribution in [-0.4, -0.2) is 42.1 Å². The van der Waals surface area contributed by atoms with Crippen LogP contribution in [-0.2, 0) is 4.79 Å². The van der Waals surface area contributed by atoms with E-state index in [1.807, 2.05) is 0 Å². The first-order chi connectivity index (χ1) is 10.3. The highest BCUT2D eigenvalue weighted by atomic mass is 19.4. The van der Waals surface area contributed by atoms with Crippen LogP contribution >= 0.6 is 0 Å². The predicted molar refractivity (Wildman–Crippen MR) is 73.8 cm³/mol. The molecule has 2 atom stereocenters. The summed E-state index contributed by atoms with van der Waals surface area (Å²) in [5, 5.41) is 2.71. The van der Waals surface area contributed by atoms with Crippen LogP contribution in [0.25, 0.3) is 0 Å². The van der Waals surface area contributed by atoms with Crippen molar-refractivity contribution in [3.63, 3.8) is 0 Å². The molecule has 0 aromatic rings. The fourth-order valence-corrected chi connectivity index (χ4v) is 3.25. The third-order valence-electron chi connectivity index (χ3n) is 4.65. The number of carbonyl (C=O) groups excluding carboxylic acids is 2. The maximum Gasteiger partial charge on any atom is 0.391 e. The van der Waals surface area contributed by atoms with Gasteiger partial charge in [0.1, 0.15) is 0 Å². The summed E-state index contributed by atoms with van der Waals surface area (Å²) in [5.41, 5.74) is 5.23. The summed E-state index contributed by atoms with van der Waals surface area (Å²) in [6.45, 7) is 0.823. The van der Waals surface area contributed by atoms with Gasteiger partial charge in [-0.1, -0.05) is 6.42 Å². The van der Waals surface area contributed by atoms with E-state index < -0.39 is 18.1 Å². The van der Waals surface area contributed by atoms with Gasteiger partial charge in [-0.15, -0.1) is 0 Å². The number of amides is 3. The molecular weight excluding hydrogens is 299 g/mol. The molecule has 2 aliphatic rings. The van der Waals surface area contributed by atoms with Crippen LogP contribution in [0.5, 0.6) is 0 Å². The topological polar surface area (TPSA) is 75.4 Å². The molecule has 3 N–H and O–H groups in total. The minimum absolute atomic E-state index is 0.0486. The van der Waals surface area contributed by atoms with Gasteiger partial charge in [0, 0.05) is 25.0 Å². The molecular formula is C14H22F3N3O2. The Balaban J connectivity index is 1.81. The summed E-state index contributed by atoms with van der Waals surface area (Å²) < 4.78 is 38.3. The molecule has 8 heteroatoms. The highest BCUT2D eigenvalue weighted by molar-refractivity contribution is 5.78. The Morgan fingerprint density at radius 1 is 1.09 bits per heavy atom. The van der Waals surface area contributed by atoms with Crippen LogP contribution in [0.2, 0.25) is 0 Å². The molecule has 1 saturated carbocycles. The van der Waals surface area contributed by atoms with E-state index >= 15 is 0 Å². The summed E-state index contributed by atoms with van der Waals surface area (Å²) in [7, 11) is 0. The molecule has 2 fully saturated rings. The zero-order valence-electron chi connectivity index (χ0n) is 12.4. The van der Waals surface area contributed by atoms with E-state index in [2.05, 4.69) is 5.32 Å². The normalized spacial score (nSPS) is 27.5. The average molecular weight is 321 g/mol. The molecule has 0 unspecified atom stereocenters. The highest BCUT2D eigenvalue weighted by Gasteiger charge is 2.42. The minimum Gasteiger partial charge on any atom is -0.369 e. The van der Waals surface area contributed by atoms with Gasteiger partial charge in [0.2, 0.25) is 5.91 Å². The molecule has 0 aromatic heterocycles. The molecule has 0 bridgehead atoms. The Bertz CT molecular complexity index is 420. The van der Waals surface area contributed by atoms with Crippen LogP contribution in [0.3, 0.4) is 0 Å². The maximum atomic E-state index is 12.8. The van der Waals surface area contributed by atoms with Gasteiger partial charge in [-0.3, -0.25) is 4.79 Å². The van der Waals surface area contributed by atoms with Gasteiger partial charge in [-0.05, 0) is 32.1 Å². The van der Waals surface area contributed by atoms with Gasteiger partial charge < -0.3 is 16.0 Å². The fraction of sp³-hybridized carbons (Fsp3) is 0.857. The SMILES string of the molecule is NC(=O)C1CCN(C(=O)N[C@H]2CCC[C@@H](C(F)(F)F)C2)CC1. The lowest BCUT2D eigenvalue weighted by Crippen LogP contribution is -2.50. The monoisotopic (exact) mass is 321 g/mol. The van der Waals surface area contributed by atoms with E-state index in [4.69, 9.17) is 5.73 Å². The van der Waals surface area contributed by atoms with Crippen LogP contribution in [0, 0.1) is 11.8 Å². The van der Waals surface area contributed by atoms with Gasteiger partial charge in [-0.2, -0.15) is 13.2 Å². The highest BCUT2D eigenvalue weighted by Crippen LogP contribution is 2.37. The molecule has 0 aromatic carbocycles. The number of halogens is 3. The summed E-state index contributed by atoms with van der Waals surface area (Å²) in [4.78, 5) is 24.7. The number of likely N-dealkylation sites (tertiary alicyclic amines) is 1. The van der Waals surface area contributed by atoms with Crippen molar-refractivity contribution in [1.82, 2.24) is 10.2 Å². The molecule has 2 rings (SSSR count). The van der Waals surface area contributed by atoms with Crippen LogP contribution in [0.1, 0.15) is 38.5 Å². The van der Waals surface area contributed by atoms with E-state index in [0.717, 1.165) is 0 Å². The molecule has 0 spiro atoms. The number of hydrogen-bond donors (Lipinski definition) is 2. The zero-order chi connectivity index (χ0) is 16.3. The minimum atomic E-state index is -4.19. The lowest BCUT2D eigenvalue weighted by molar-refractivity contribution is -0.183. The average Bonchev–Trinajstić information content (AvgIpc) is 2.46. The molecule has 1 aliphatic carbocycles. The number of nitrogens with two attached hydrogens (primary N) is 1. The molecule has 22 heavy (non-hydrogen) atoms. The summed E-state index contributed by atoms with van der Waals surface area (Å²) >= 11 is 0. The molecule has 126 valence electrons. The quantitative estimate of drug-likeness (QED) is 0.816. The number of nitrogens with one attached hydrogen (secondary N) is 1. The van der Waals surface area contributed by atoms with E-state index in [-0.39, 0.29) is 30.7 Å². The van der Waals surface area contributed by atoms with E-state index in [9.17, 15) is 22.8 Å². The maximum absolute atomic E-state index is 12.8. The number of primary amides is 1. The van der Waals surface area contributed by atoms with Crippen molar-refractivity contribution < 1.29 is 22.8 Å². The van der Waals surface area contributed by atoms with Crippen molar-refractivity contribution >= 4 is 11.9 Å². The smallest absolute Gasteiger partial charge is 0.369 e. The summed E-state index contributed by atoms with van der Waals surface area (Å²) in [6, 6.07) is -0.766. The molecule has 1 heterocycles. The molecule has 5 nitrogen and oxygen atoms in total. The fourth-order valence-electron chi connectivity index (χ4n) is 3.25. The van der Waals surface area contributed by atoms with Crippen LogP contribution < -0.4 is 11.1 Å². The Labute approximate surface area is 127 Å². The first kappa shape index (κ1) is 16.9. The second kappa shape index (κ2) is 6.75. The summed E-state index contributed by atoms with van der Waals surface area (Å²) in [6.07, 6.45) is -2.03. The largest absolute Gasteiger partial charge is 0.391 e. The first-order valence-corrected chi connectivity index (χ1v) is 7.69. The van der Waals surface area contributed by atoms with Crippen molar-refractivity contribution in [2.75, 3.05) is 13.1 Å². The number of urea groups is 1. The number of carbonyl (C=O) groups is 2. The molecule has 3 amide bonds. The van der Waals surface area contributed by atoms with Gasteiger partial charge in [0.25, 0.3) is 0 Å². The number of hydrogen-bond acceptors (Lipinski definition) is 2. The van der Waals surface area contributed by atoms with Gasteiger partial charge >= 0.3 is 12.2 Å². The first-order valence-electron chi connectivity index (χ1n) is 7.69. The zero-order valence-corrected chi connectivity index (χ0v) is 12.4. The Morgan fingerprint density at radius 2 is 1.73 bits per heavy atom. The van der Waals surface area contributed by atoms with Crippen LogP contribution in [0.15, 0.2) is 0 Å². The molecule has 1 saturated heterocycles. The lowest BCUT2D eigenvalue weighted by Gasteiger charge is -2.35. The van der Waals surface area contributed by atoms with E-state index in [1.54, 1.807) is 4.90 Å². The number of piperidine rings is 1. The van der Waals surface area contributed by atoms with Crippen molar-refractivity contribution in [2.24, 2.45) is 17.6 Å². The number of alkyl halides is 3. The number of rotatable bonds is 2. The van der Waals surface area contributed by atoms with Crippen molar-refractivity contribution in [3.8, 4) is 0 Å². The standard InChI is InChI=1S/C14H22F3N3O2/c15-14(16,17)10-2-1-3-11(8-10)19-13(22)20-6-4-9(5-7-20)12(18)21/h9-11H,1-8H2,(H2,18,21)(H,19,22)/t10-,11+/m1/s1. The third-order valence-corrected chi connectivity index (χ3v) is 4.65. The van der Waals surface area contributed by atoms with Gasteiger partial charge in [0.15, 0.2) is 0 Å². The Kier molecular flexibility index (Phi) is 5.18. The van der Waals surface area contributed by atoms with Gasteiger partial charge in [-0.25, -0.2) is 4.79 Å². The molecule has 1 aliphatic heterocycles. The second-order valence-electron chi connectivity index (χ2n) is 6.22. The Hall–Kier alpha value is -1.47. The predicted octanol–water partition coefficient (Wildman–Crippen LogP) is 2.01. The van der Waals surface area contributed by atoms with Gasteiger partial charge in [0.05, 0.1) is 5.92 Å². The third kappa shape index (κ3) is 4.27. The molecule has 0 radical (unpaired) electrons. The second-order valence-corrected chi connectivity index (χ2v) is 6.22. The Morgan fingerprint density at radius 3 is 2.27 bits per heavy atom. The van der Waals surface area contributed by atoms with Crippen molar-refractivity contribution in [3.05, 3.63) is 0 Å². The van der Waals surface area contributed by atoms with Crippen molar-refractivity contribution in [1.29, 1.82) is 0 Å². The van der Waals surface area contributed by atoms with Crippen molar-refractivity contribution in [2.45, 2.75) is 50.7 Å².